The van der Waals surface area contributed by atoms with E-state index in [9.17, 15) is 4.79 Å². The van der Waals surface area contributed by atoms with Crippen LogP contribution in [0.3, 0.4) is 0 Å². The lowest BCUT2D eigenvalue weighted by Gasteiger charge is -2.13. The van der Waals surface area contributed by atoms with Gasteiger partial charge >= 0.3 is 0 Å². The predicted octanol–water partition coefficient (Wildman–Crippen LogP) is 3.01. The number of amides is 1. The van der Waals surface area contributed by atoms with Gasteiger partial charge in [-0.25, -0.2) is 4.98 Å². The van der Waals surface area contributed by atoms with Crippen LogP contribution in [-0.2, 0) is 6.42 Å². The van der Waals surface area contributed by atoms with Crippen LogP contribution >= 0.6 is 11.3 Å². The summed E-state index contributed by atoms with van der Waals surface area (Å²) in [4.78, 5) is 16.5. The molecule has 1 amide bonds. The number of rotatable bonds is 5. The van der Waals surface area contributed by atoms with Gasteiger partial charge in [-0.3, -0.25) is 9.80 Å². The van der Waals surface area contributed by atoms with E-state index in [1.165, 1.54) is 0 Å². The molecule has 1 aliphatic heterocycles. The number of thiazole rings is 1. The number of hydrogen-bond acceptors (Lipinski definition) is 5. The van der Waals surface area contributed by atoms with Crippen LogP contribution in [0.5, 0.6) is 0 Å². The summed E-state index contributed by atoms with van der Waals surface area (Å²) in [6.07, 6.45) is 1.76. The lowest BCUT2D eigenvalue weighted by Crippen LogP contribution is -2.25. The van der Waals surface area contributed by atoms with E-state index in [0.29, 0.717) is 12.1 Å². The molecule has 23 heavy (non-hydrogen) atoms. The van der Waals surface area contributed by atoms with Gasteiger partial charge in [0.25, 0.3) is 5.91 Å². The summed E-state index contributed by atoms with van der Waals surface area (Å²) in [6, 6.07) is 7.59. The smallest absolute Gasteiger partial charge is 0.251 e. The minimum absolute atomic E-state index is 0.0513. The Labute approximate surface area is 140 Å². The van der Waals surface area contributed by atoms with Crippen molar-refractivity contribution in [2.45, 2.75) is 26.7 Å². The van der Waals surface area contributed by atoms with Crippen LogP contribution in [0.1, 0.15) is 34.4 Å². The first-order chi connectivity index (χ1) is 11.1. The number of anilines is 1. The minimum atomic E-state index is -0.0513. The van der Waals surface area contributed by atoms with Crippen molar-refractivity contribution in [2.75, 3.05) is 18.1 Å². The van der Waals surface area contributed by atoms with Gasteiger partial charge in [0.05, 0.1) is 16.4 Å². The second-order valence-electron chi connectivity index (χ2n) is 5.62. The molecule has 1 aromatic carbocycles. The molecule has 0 fully saturated rings. The van der Waals surface area contributed by atoms with Crippen molar-refractivity contribution in [3.63, 3.8) is 0 Å². The number of aryl methyl sites for hydroxylation is 1. The molecule has 0 bridgehead atoms. The Morgan fingerprint density at radius 3 is 2.70 bits per heavy atom. The van der Waals surface area contributed by atoms with Crippen molar-refractivity contribution in [1.82, 2.24) is 10.3 Å². The minimum Gasteiger partial charge on any atom is -0.352 e. The van der Waals surface area contributed by atoms with E-state index in [1.807, 2.05) is 48.5 Å². The van der Waals surface area contributed by atoms with Crippen LogP contribution in [0, 0.1) is 6.92 Å². The fraction of sp³-hybridized carbons (Fsp3) is 0.353. The van der Waals surface area contributed by atoms with E-state index in [4.69, 9.17) is 0 Å². The van der Waals surface area contributed by atoms with Gasteiger partial charge in [-0.1, -0.05) is 0 Å². The first-order valence-corrected chi connectivity index (χ1v) is 8.60. The molecule has 6 heteroatoms. The standard InChI is InChI=1S/C17H20N4OS/c1-12-8-10-21(20-12)16-5-3-14(4-6-16)17(22)18-9-7-15-11-23-13(2)19-15/h3-6,11H,7-10H2,1-2H3,(H,18,22). The molecule has 2 aromatic rings. The van der Waals surface area contributed by atoms with Crippen LogP contribution in [0.25, 0.3) is 0 Å². The average Bonchev–Trinajstić information content (AvgIpc) is 3.16. The van der Waals surface area contributed by atoms with Gasteiger partial charge in [-0.05, 0) is 38.1 Å². The van der Waals surface area contributed by atoms with Gasteiger partial charge in [0.15, 0.2) is 0 Å². The summed E-state index contributed by atoms with van der Waals surface area (Å²) < 4.78 is 0. The molecule has 3 rings (SSSR count). The summed E-state index contributed by atoms with van der Waals surface area (Å²) in [7, 11) is 0. The highest BCUT2D eigenvalue weighted by Crippen LogP contribution is 2.19. The van der Waals surface area contributed by atoms with E-state index >= 15 is 0 Å². The third-order valence-electron chi connectivity index (χ3n) is 3.74. The summed E-state index contributed by atoms with van der Waals surface area (Å²) >= 11 is 1.63. The maximum Gasteiger partial charge on any atom is 0.251 e. The fourth-order valence-corrected chi connectivity index (χ4v) is 3.12. The average molecular weight is 328 g/mol. The van der Waals surface area contributed by atoms with Gasteiger partial charge in [0.1, 0.15) is 0 Å². The summed E-state index contributed by atoms with van der Waals surface area (Å²) in [5.74, 6) is -0.0513. The summed E-state index contributed by atoms with van der Waals surface area (Å²) in [6.45, 7) is 5.52. The largest absolute Gasteiger partial charge is 0.352 e. The normalized spacial score (nSPS) is 14.0. The van der Waals surface area contributed by atoms with Crippen molar-refractivity contribution in [2.24, 2.45) is 5.10 Å². The number of hydrazone groups is 1. The van der Waals surface area contributed by atoms with Crippen LogP contribution in [-0.4, -0.2) is 29.7 Å². The Morgan fingerprint density at radius 2 is 2.09 bits per heavy atom. The predicted molar refractivity (Wildman–Crippen MR) is 94.4 cm³/mol. The zero-order chi connectivity index (χ0) is 16.2. The van der Waals surface area contributed by atoms with E-state index in [-0.39, 0.29) is 5.91 Å². The van der Waals surface area contributed by atoms with E-state index in [0.717, 1.165) is 41.5 Å². The SMILES string of the molecule is CC1=NN(c2ccc(C(=O)NCCc3csc(C)n3)cc2)CC1. The Morgan fingerprint density at radius 1 is 1.30 bits per heavy atom. The van der Waals surface area contributed by atoms with Crippen molar-refractivity contribution < 1.29 is 4.79 Å². The number of benzene rings is 1. The van der Waals surface area contributed by atoms with Crippen molar-refractivity contribution in [1.29, 1.82) is 0 Å². The first-order valence-electron chi connectivity index (χ1n) is 7.73. The summed E-state index contributed by atoms with van der Waals surface area (Å²) in [5, 5.41) is 12.5. The van der Waals surface area contributed by atoms with E-state index in [2.05, 4.69) is 15.4 Å². The lowest BCUT2D eigenvalue weighted by molar-refractivity contribution is 0.0954. The molecule has 1 aliphatic rings. The quantitative estimate of drug-likeness (QED) is 0.918. The van der Waals surface area contributed by atoms with E-state index in [1.54, 1.807) is 11.3 Å². The van der Waals surface area contributed by atoms with Crippen LogP contribution < -0.4 is 10.3 Å². The maximum absolute atomic E-state index is 12.2. The molecule has 0 aliphatic carbocycles. The second-order valence-corrected chi connectivity index (χ2v) is 6.68. The molecule has 0 spiro atoms. The molecule has 5 nitrogen and oxygen atoms in total. The first kappa shape index (κ1) is 15.7. The van der Waals surface area contributed by atoms with Crippen molar-refractivity contribution >= 4 is 28.6 Å². The van der Waals surface area contributed by atoms with E-state index < -0.39 is 0 Å². The highest BCUT2D eigenvalue weighted by molar-refractivity contribution is 7.09. The van der Waals surface area contributed by atoms with Gasteiger partial charge in [0, 0.05) is 42.6 Å². The van der Waals surface area contributed by atoms with Crippen LogP contribution in [0.15, 0.2) is 34.7 Å². The third-order valence-corrected chi connectivity index (χ3v) is 4.56. The fourth-order valence-electron chi connectivity index (χ4n) is 2.47. The highest BCUT2D eigenvalue weighted by Gasteiger charge is 2.13. The molecule has 0 atom stereocenters. The molecule has 0 radical (unpaired) electrons. The molecular formula is C17H20N4OS. The number of nitrogens with zero attached hydrogens (tertiary/aromatic N) is 3. The van der Waals surface area contributed by atoms with Gasteiger partial charge in [-0.2, -0.15) is 5.10 Å². The number of aromatic nitrogens is 1. The molecule has 2 heterocycles. The topological polar surface area (TPSA) is 57.6 Å². The monoisotopic (exact) mass is 328 g/mol. The number of carbonyl (C=O) groups excluding carboxylic acids is 1. The van der Waals surface area contributed by atoms with Gasteiger partial charge in [-0.15, -0.1) is 11.3 Å². The molecule has 1 N–H and O–H groups in total. The Balaban J connectivity index is 1.53. The summed E-state index contributed by atoms with van der Waals surface area (Å²) in [5.41, 5.74) is 3.87. The Hall–Kier alpha value is -2.21. The number of carbonyl (C=O) groups is 1. The number of nitrogens with one attached hydrogen (secondary N) is 1. The van der Waals surface area contributed by atoms with Gasteiger partial charge in [0.2, 0.25) is 0 Å². The molecule has 0 unspecified atom stereocenters. The molecule has 0 saturated heterocycles. The Bertz CT molecular complexity index is 720. The molecule has 120 valence electrons. The Kier molecular flexibility index (Phi) is 4.71. The third kappa shape index (κ3) is 3.96. The van der Waals surface area contributed by atoms with Crippen molar-refractivity contribution in [3.05, 3.63) is 45.9 Å². The zero-order valence-electron chi connectivity index (χ0n) is 13.4. The molecular weight excluding hydrogens is 308 g/mol. The number of hydrogen-bond donors (Lipinski definition) is 1. The van der Waals surface area contributed by atoms with Gasteiger partial charge < -0.3 is 5.32 Å². The molecule has 1 aromatic heterocycles. The van der Waals surface area contributed by atoms with Crippen LogP contribution in [0.2, 0.25) is 0 Å². The molecule has 0 saturated carbocycles. The highest BCUT2D eigenvalue weighted by atomic mass is 32.1. The zero-order valence-corrected chi connectivity index (χ0v) is 14.2. The van der Waals surface area contributed by atoms with Crippen LogP contribution in [0.4, 0.5) is 5.69 Å². The van der Waals surface area contributed by atoms with Crippen molar-refractivity contribution in [3.8, 4) is 0 Å². The second kappa shape index (κ2) is 6.91. The maximum atomic E-state index is 12.2. The lowest BCUT2D eigenvalue weighted by atomic mass is 10.2.